The Hall–Kier alpha value is -0.0700. The van der Waals surface area contributed by atoms with Crippen LogP contribution in [0, 0.1) is 11.8 Å². The van der Waals surface area contributed by atoms with Crippen LogP contribution in [0.5, 0.6) is 0 Å². The lowest BCUT2D eigenvalue weighted by molar-refractivity contribution is -0.134. The predicted molar refractivity (Wildman–Crippen MR) is 103 cm³/mol. The van der Waals surface area contributed by atoms with Gasteiger partial charge >= 0.3 is 0 Å². The van der Waals surface area contributed by atoms with E-state index in [9.17, 15) is 4.79 Å². The van der Waals surface area contributed by atoms with Crippen molar-refractivity contribution in [3.63, 3.8) is 0 Å². The molecule has 2 saturated heterocycles. The van der Waals surface area contributed by atoms with Gasteiger partial charge in [0.25, 0.3) is 0 Å². The first kappa shape index (κ1) is 23.9. The highest BCUT2D eigenvalue weighted by Crippen LogP contribution is 2.23. The number of carbonyl (C=O) groups is 1. The minimum absolute atomic E-state index is 0. The van der Waals surface area contributed by atoms with Crippen molar-refractivity contribution in [2.75, 3.05) is 59.0 Å². The Kier molecular flexibility index (Phi) is 13.1. The molecule has 2 heterocycles. The molecule has 0 aliphatic carbocycles. The van der Waals surface area contributed by atoms with Gasteiger partial charge in [-0.05, 0) is 44.7 Å². The summed E-state index contributed by atoms with van der Waals surface area (Å²) in [5, 5.41) is 3.46. The molecule has 0 bridgehead atoms. The van der Waals surface area contributed by atoms with Crippen molar-refractivity contribution in [1.29, 1.82) is 0 Å². The molecule has 1 N–H and O–H groups in total. The third-order valence-corrected chi connectivity index (χ3v) is 5.12. The molecule has 2 aliphatic rings. The molecule has 2 rings (SSSR count). The first-order chi connectivity index (χ1) is 10.7. The average molecular weight is 384 g/mol. The molecule has 0 aromatic carbocycles. The first-order valence-electron chi connectivity index (χ1n) is 8.99. The van der Waals surface area contributed by atoms with Crippen LogP contribution < -0.4 is 5.32 Å². The van der Waals surface area contributed by atoms with E-state index in [4.69, 9.17) is 4.74 Å². The number of piperazine rings is 1. The van der Waals surface area contributed by atoms with E-state index in [1.54, 1.807) is 0 Å². The molecule has 1 amide bonds. The third kappa shape index (κ3) is 7.87. The van der Waals surface area contributed by atoms with E-state index in [2.05, 4.69) is 22.0 Å². The van der Waals surface area contributed by atoms with E-state index in [1.807, 2.05) is 6.92 Å². The van der Waals surface area contributed by atoms with E-state index >= 15 is 0 Å². The second kappa shape index (κ2) is 13.2. The Labute approximate surface area is 159 Å². The number of hydrogen-bond donors (Lipinski definition) is 1. The molecule has 0 radical (unpaired) electrons. The molecule has 2 fully saturated rings. The summed E-state index contributed by atoms with van der Waals surface area (Å²) in [5.41, 5.74) is 0. The topological polar surface area (TPSA) is 44.8 Å². The highest BCUT2D eigenvalue weighted by atomic mass is 35.5. The van der Waals surface area contributed by atoms with Gasteiger partial charge in [0.05, 0.1) is 6.61 Å². The molecule has 2 atom stereocenters. The molecular weight excluding hydrogens is 349 g/mol. The monoisotopic (exact) mass is 383 g/mol. The summed E-state index contributed by atoms with van der Waals surface area (Å²) in [6.45, 7) is 12.8. The summed E-state index contributed by atoms with van der Waals surface area (Å²) < 4.78 is 5.40. The zero-order chi connectivity index (χ0) is 15.8. The largest absolute Gasteiger partial charge is 0.380 e. The van der Waals surface area contributed by atoms with Crippen LogP contribution >= 0.6 is 24.8 Å². The number of carbonyl (C=O) groups excluding carboxylic acids is 1. The molecule has 2 aliphatic heterocycles. The van der Waals surface area contributed by atoms with Gasteiger partial charge in [0.15, 0.2) is 0 Å². The van der Waals surface area contributed by atoms with E-state index in [0.717, 1.165) is 59.0 Å². The predicted octanol–water partition coefficient (Wildman–Crippen LogP) is 2.04. The van der Waals surface area contributed by atoms with E-state index in [0.29, 0.717) is 24.2 Å². The van der Waals surface area contributed by atoms with Crippen LogP contribution in [0.2, 0.25) is 0 Å². The first-order valence-corrected chi connectivity index (χ1v) is 8.99. The van der Waals surface area contributed by atoms with Gasteiger partial charge in [0.1, 0.15) is 0 Å². The van der Waals surface area contributed by atoms with Gasteiger partial charge < -0.3 is 15.0 Å². The van der Waals surface area contributed by atoms with Gasteiger partial charge in [-0.3, -0.25) is 9.69 Å². The molecule has 144 valence electrons. The van der Waals surface area contributed by atoms with Crippen molar-refractivity contribution in [2.24, 2.45) is 11.8 Å². The van der Waals surface area contributed by atoms with E-state index in [-0.39, 0.29) is 24.8 Å². The van der Waals surface area contributed by atoms with E-state index < -0.39 is 0 Å². The summed E-state index contributed by atoms with van der Waals surface area (Å²) in [7, 11) is 0. The Morgan fingerprint density at radius 1 is 1.25 bits per heavy atom. The summed E-state index contributed by atoms with van der Waals surface area (Å²) in [5.74, 6) is 1.52. The Bertz CT molecular complexity index is 334. The van der Waals surface area contributed by atoms with Crippen LogP contribution in [0.3, 0.4) is 0 Å². The van der Waals surface area contributed by atoms with Gasteiger partial charge in [-0.2, -0.15) is 0 Å². The van der Waals surface area contributed by atoms with Crippen molar-refractivity contribution in [2.45, 2.75) is 33.1 Å². The smallest absolute Gasteiger partial charge is 0.222 e. The number of amides is 1. The van der Waals surface area contributed by atoms with Gasteiger partial charge in [-0.1, -0.05) is 6.92 Å². The molecule has 2 unspecified atom stereocenters. The summed E-state index contributed by atoms with van der Waals surface area (Å²) in [4.78, 5) is 16.9. The molecule has 0 aromatic rings. The standard InChI is InChI=1S/C17H33N3O2.2ClH/c1-3-22-12-11-19-7-9-20(10-8-19)17(21)13-15(2)16-5-4-6-18-14-16;;/h15-16,18H,3-14H2,1-2H3;2*1H. The van der Waals surface area contributed by atoms with Crippen molar-refractivity contribution >= 4 is 30.7 Å². The van der Waals surface area contributed by atoms with Crippen LogP contribution in [0.4, 0.5) is 0 Å². The van der Waals surface area contributed by atoms with Crippen molar-refractivity contribution in [1.82, 2.24) is 15.1 Å². The maximum Gasteiger partial charge on any atom is 0.222 e. The summed E-state index contributed by atoms with van der Waals surface area (Å²) in [6.07, 6.45) is 3.24. The van der Waals surface area contributed by atoms with Gasteiger partial charge in [-0.25, -0.2) is 0 Å². The van der Waals surface area contributed by atoms with Crippen LogP contribution in [-0.2, 0) is 9.53 Å². The number of halogens is 2. The maximum absolute atomic E-state index is 12.5. The maximum atomic E-state index is 12.5. The fourth-order valence-corrected chi connectivity index (χ4v) is 3.49. The Morgan fingerprint density at radius 3 is 2.54 bits per heavy atom. The second-order valence-corrected chi connectivity index (χ2v) is 6.71. The summed E-state index contributed by atoms with van der Waals surface area (Å²) in [6, 6.07) is 0. The van der Waals surface area contributed by atoms with Crippen LogP contribution in [0.15, 0.2) is 0 Å². The highest BCUT2D eigenvalue weighted by Gasteiger charge is 2.26. The molecule has 0 saturated carbocycles. The average Bonchev–Trinajstić information content (AvgIpc) is 2.56. The molecule has 0 spiro atoms. The van der Waals surface area contributed by atoms with E-state index in [1.165, 1.54) is 12.8 Å². The number of nitrogens with one attached hydrogen (secondary N) is 1. The second-order valence-electron chi connectivity index (χ2n) is 6.71. The number of nitrogens with zero attached hydrogens (tertiary/aromatic N) is 2. The zero-order valence-corrected chi connectivity index (χ0v) is 16.8. The molecule has 5 nitrogen and oxygen atoms in total. The molecule has 24 heavy (non-hydrogen) atoms. The lowest BCUT2D eigenvalue weighted by Gasteiger charge is -2.36. The van der Waals surface area contributed by atoms with Gasteiger partial charge in [0.2, 0.25) is 5.91 Å². The van der Waals surface area contributed by atoms with Crippen LogP contribution in [-0.4, -0.2) is 74.7 Å². The molecular formula is C17H35Cl2N3O2. The highest BCUT2D eigenvalue weighted by molar-refractivity contribution is 5.85. The fraction of sp³-hybridized carbons (Fsp3) is 0.941. The zero-order valence-electron chi connectivity index (χ0n) is 15.2. The van der Waals surface area contributed by atoms with Crippen molar-refractivity contribution in [3.8, 4) is 0 Å². The third-order valence-electron chi connectivity index (χ3n) is 5.12. The summed E-state index contributed by atoms with van der Waals surface area (Å²) >= 11 is 0. The van der Waals surface area contributed by atoms with Crippen LogP contribution in [0.1, 0.15) is 33.1 Å². The van der Waals surface area contributed by atoms with Crippen LogP contribution in [0.25, 0.3) is 0 Å². The molecule has 0 aromatic heterocycles. The SMILES string of the molecule is CCOCCN1CCN(C(=O)CC(C)C2CCCNC2)CC1.Cl.Cl. The Morgan fingerprint density at radius 2 is 1.96 bits per heavy atom. The normalized spacial score (nSPS) is 23.1. The van der Waals surface area contributed by atoms with Gasteiger partial charge in [-0.15, -0.1) is 24.8 Å². The number of hydrogen-bond acceptors (Lipinski definition) is 4. The van der Waals surface area contributed by atoms with Crippen molar-refractivity contribution in [3.05, 3.63) is 0 Å². The lowest BCUT2D eigenvalue weighted by Crippen LogP contribution is -2.50. The minimum atomic E-state index is 0. The van der Waals surface area contributed by atoms with Gasteiger partial charge in [0, 0.05) is 45.8 Å². The quantitative estimate of drug-likeness (QED) is 0.683. The molecule has 7 heteroatoms. The van der Waals surface area contributed by atoms with Crippen molar-refractivity contribution < 1.29 is 9.53 Å². The minimum Gasteiger partial charge on any atom is -0.380 e. The number of piperidine rings is 1. The lowest BCUT2D eigenvalue weighted by atomic mass is 9.85. The fourth-order valence-electron chi connectivity index (χ4n) is 3.49. The number of rotatable bonds is 7. The Balaban J connectivity index is 0.00000264. The number of ether oxygens (including phenoxy) is 1.